The average Bonchev–Trinajstić information content (AvgIpc) is 2.01. The van der Waals surface area contributed by atoms with E-state index in [-0.39, 0.29) is 0 Å². The van der Waals surface area contributed by atoms with E-state index in [2.05, 4.69) is 25.7 Å². The highest BCUT2D eigenvalue weighted by Crippen LogP contribution is 2.03. The first kappa shape index (κ1) is 14.9. The molecule has 0 atom stereocenters. The van der Waals surface area contributed by atoms with Gasteiger partial charge < -0.3 is 4.90 Å². The molecule has 1 aliphatic rings. The highest BCUT2D eigenvalue weighted by atomic mass is 32.2. The average molecular weight is 236 g/mol. The van der Waals surface area contributed by atoms with Crippen LogP contribution in [0, 0.1) is 5.92 Å². The van der Waals surface area contributed by atoms with Gasteiger partial charge in [0.1, 0.15) is 0 Å². The van der Waals surface area contributed by atoms with E-state index in [0.29, 0.717) is 13.1 Å². The van der Waals surface area contributed by atoms with Crippen LogP contribution in [0.25, 0.3) is 0 Å². The second-order valence-corrected chi connectivity index (χ2v) is 6.68. The van der Waals surface area contributed by atoms with E-state index < -0.39 is 10.0 Å². The van der Waals surface area contributed by atoms with Crippen LogP contribution in [-0.4, -0.2) is 57.1 Å². The Bertz CT molecular complexity index is 252. The van der Waals surface area contributed by atoms with Gasteiger partial charge in [-0.3, -0.25) is 0 Å². The highest BCUT2D eigenvalue weighted by molar-refractivity contribution is 7.88. The standard InChI is InChI=1S/C6H14N2O2S.C4H10/c1-7-3-5-8(6-4-7)11(2,9)10;1-4(2)3/h3-6H2,1-2H3;4H,1-3H3. The van der Waals surface area contributed by atoms with Crippen molar-refractivity contribution in [3.63, 3.8) is 0 Å². The minimum absolute atomic E-state index is 0.634. The lowest BCUT2D eigenvalue weighted by Crippen LogP contribution is -2.46. The minimum atomic E-state index is -2.94. The zero-order valence-corrected chi connectivity index (χ0v) is 11.3. The van der Waals surface area contributed by atoms with Gasteiger partial charge in [-0.2, -0.15) is 4.31 Å². The lowest BCUT2D eigenvalue weighted by atomic mass is 10.3. The third-order valence-electron chi connectivity index (χ3n) is 1.93. The van der Waals surface area contributed by atoms with Gasteiger partial charge in [0.05, 0.1) is 6.26 Å². The summed E-state index contributed by atoms with van der Waals surface area (Å²) in [6, 6.07) is 0. The van der Waals surface area contributed by atoms with Crippen LogP contribution in [0.5, 0.6) is 0 Å². The summed E-state index contributed by atoms with van der Waals surface area (Å²) in [7, 11) is -0.943. The second-order valence-electron chi connectivity index (χ2n) is 4.70. The van der Waals surface area contributed by atoms with Crippen molar-refractivity contribution in [2.24, 2.45) is 5.92 Å². The molecule has 0 aromatic carbocycles. The lowest BCUT2D eigenvalue weighted by Gasteiger charge is -2.30. The van der Waals surface area contributed by atoms with E-state index in [9.17, 15) is 8.42 Å². The van der Waals surface area contributed by atoms with E-state index in [0.717, 1.165) is 19.0 Å². The molecule has 1 rings (SSSR count). The van der Waals surface area contributed by atoms with Gasteiger partial charge in [-0.1, -0.05) is 20.8 Å². The van der Waals surface area contributed by atoms with Crippen molar-refractivity contribution in [2.75, 3.05) is 39.5 Å². The van der Waals surface area contributed by atoms with Crippen LogP contribution < -0.4 is 0 Å². The van der Waals surface area contributed by atoms with E-state index in [1.807, 2.05) is 7.05 Å². The molecule has 0 aromatic rings. The number of likely N-dealkylation sites (N-methyl/N-ethyl adjacent to an activating group) is 1. The fourth-order valence-electron chi connectivity index (χ4n) is 1.12. The molecule has 1 aliphatic heterocycles. The Hall–Kier alpha value is -0.130. The predicted molar refractivity (Wildman–Crippen MR) is 64.4 cm³/mol. The van der Waals surface area contributed by atoms with E-state index >= 15 is 0 Å². The molecule has 1 fully saturated rings. The number of hydrogen-bond donors (Lipinski definition) is 0. The van der Waals surface area contributed by atoms with Crippen molar-refractivity contribution in [1.29, 1.82) is 0 Å². The van der Waals surface area contributed by atoms with Gasteiger partial charge in [0.2, 0.25) is 10.0 Å². The first-order valence-electron chi connectivity index (χ1n) is 5.37. The van der Waals surface area contributed by atoms with Crippen LogP contribution in [0.1, 0.15) is 20.8 Å². The number of rotatable bonds is 1. The first-order chi connectivity index (χ1) is 6.73. The Morgan fingerprint density at radius 2 is 1.33 bits per heavy atom. The number of piperazine rings is 1. The van der Waals surface area contributed by atoms with Gasteiger partial charge in [0.15, 0.2) is 0 Å². The topological polar surface area (TPSA) is 40.6 Å². The van der Waals surface area contributed by atoms with Crippen molar-refractivity contribution in [1.82, 2.24) is 9.21 Å². The molecule has 0 spiro atoms. The molecule has 0 bridgehead atoms. The summed E-state index contributed by atoms with van der Waals surface area (Å²) in [5, 5.41) is 0. The van der Waals surface area contributed by atoms with E-state index in [1.54, 1.807) is 0 Å². The summed E-state index contributed by atoms with van der Waals surface area (Å²) in [5.74, 6) is 0.833. The first-order valence-corrected chi connectivity index (χ1v) is 7.22. The van der Waals surface area contributed by atoms with Crippen LogP contribution in [0.15, 0.2) is 0 Å². The smallest absolute Gasteiger partial charge is 0.211 e. The van der Waals surface area contributed by atoms with Crippen LogP contribution in [-0.2, 0) is 10.0 Å². The summed E-state index contributed by atoms with van der Waals surface area (Å²) in [6.07, 6.45) is 1.26. The summed E-state index contributed by atoms with van der Waals surface area (Å²) < 4.78 is 23.5. The summed E-state index contributed by atoms with van der Waals surface area (Å²) in [4.78, 5) is 2.13. The Morgan fingerprint density at radius 3 is 1.60 bits per heavy atom. The molecule has 0 aliphatic carbocycles. The number of nitrogens with zero attached hydrogens (tertiary/aromatic N) is 2. The van der Waals surface area contributed by atoms with Crippen LogP contribution in [0.2, 0.25) is 0 Å². The molecule has 0 saturated carbocycles. The Labute approximate surface area is 94.3 Å². The Kier molecular flexibility index (Phi) is 6.40. The molecule has 0 N–H and O–H groups in total. The Morgan fingerprint density at radius 1 is 1.00 bits per heavy atom. The monoisotopic (exact) mass is 236 g/mol. The van der Waals surface area contributed by atoms with Crippen molar-refractivity contribution < 1.29 is 8.42 Å². The second kappa shape index (κ2) is 6.45. The third kappa shape index (κ3) is 7.76. The molecule has 0 unspecified atom stereocenters. The number of hydrogen-bond acceptors (Lipinski definition) is 3. The zero-order valence-electron chi connectivity index (χ0n) is 10.5. The van der Waals surface area contributed by atoms with Gasteiger partial charge in [-0.15, -0.1) is 0 Å². The van der Waals surface area contributed by atoms with E-state index in [4.69, 9.17) is 0 Å². The summed E-state index contributed by atoms with van der Waals surface area (Å²) >= 11 is 0. The molecule has 1 saturated heterocycles. The Balaban J connectivity index is 0.000000423. The molecular weight excluding hydrogens is 212 g/mol. The van der Waals surface area contributed by atoms with Gasteiger partial charge in [-0.05, 0) is 13.0 Å². The quantitative estimate of drug-likeness (QED) is 0.678. The van der Waals surface area contributed by atoms with E-state index in [1.165, 1.54) is 10.6 Å². The fraction of sp³-hybridized carbons (Fsp3) is 1.00. The van der Waals surface area contributed by atoms with Crippen LogP contribution in [0.3, 0.4) is 0 Å². The maximum absolute atomic E-state index is 11.0. The van der Waals surface area contributed by atoms with Crippen LogP contribution >= 0.6 is 0 Å². The largest absolute Gasteiger partial charge is 0.304 e. The maximum atomic E-state index is 11.0. The van der Waals surface area contributed by atoms with Crippen LogP contribution in [0.4, 0.5) is 0 Å². The van der Waals surface area contributed by atoms with Gasteiger partial charge in [-0.25, -0.2) is 8.42 Å². The molecular formula is C10H24N2O2S. The maximum Gasteiger partial charge on any atom is 0.211 e. The molecule has 5 heteroatoms. The normalized spacial score (nSPS) is 19.9. The molecule has 0 radical (unpaired) electrons. The molecule has 15 heavy (non-hydrogen) atoms. The fourth-order valence-corrected chi connectivity index (χ4v) is 1.95. The third-order valence-corrected chi connectivity index (χ3v) is 3.23. The van der Waals surface area contributed by atoms with Crippen molar-refractivity contribution >= 4 is 10.0 Å². The lowest BCUT2D eigenvalue weighted by molar-refractivity contribution is 0.223. The van der Waals surface area contributed by atoms with Crippen molar-refractivity contribution in [3.8, 4) is 0 Å². The zero-order chi connectivity index (χ0) is 12.1. The summed E-state index contributed by atoms with van der Waals surface area (Å²) in [5.41, 5.74) is 0. The SMILES string of the molecule is CC(C)C.CN1CCN(S(C)(=O)=O)CC1. The molecule has 1 heterocycles. The molecule has 0 aromatic heterocycles. The highest BCUT2D eigenvalue weighted by Gasteiger charge is 2.20. The number of sulfonamides is 1. The van der Waals surface area contributed by atoms with Crippen molar-refractivity contribution in [3.05, 3.63) is 0 Å². The molecule has 92 valence electrons. The van der Waals surface area contributed by atoms with Gasteiger partial charge >= 0.3 is 0 Å². The predicted octanol–water partition coefficient (Wildman–Crippen LogP) is 0.856. The molecule has 4 nitrogen and oxygen atoms in total. The summed E-state index contributed by atoms with van der Waals surface area (Å²) in [6.45, 7) is 9.45. The van der Waals surface area contributed by atoms with Gasteiger partial charge in [0, 0.05) is 26.2 Å². The minimum Gasteiger partial charge on any atom is -0.304 e. The molecule has 0 amide bonds. The van der Waals surface area contributed by atoms with Gasteiger partial charge in [0.25, 0.3) is 0 Å². The van der Waals surface area contributed by atoms with Crippen molar-refractivity contribution in [2.45, 2.75) is 20.8 Å².